The molecule has 1 heterocycles. The van der Waals surface area contributed by atoms with Crippen molar-refractivity contribution < 1.29 is 21.8 Å². The van der Waals surface area contributed by atoms with Crippen LogP contribution in [-0.2, 0) is 17.9 Å². The van der Waals surface area contributed by atoms with E-state index in [1.807, 2.05) is 62.3 Å². The van der Waals surface area contributed by atoms with Crippen LogP contribution in [0.5, 0.6) is 0 Å². The van der Waals surface area contributed by atoms with E-state index in [0.29, 0.717) is 6.54 Å². The van der Waals surface area contributed by atoms with Gasteiger partial charge in [0, 0.05) is 5.54 Å². The second kappa shape index (κ2) is 7.27. The summed E-state index contributed by atoms with van der Waals surface area (Å²) < 4.78 is 3.96. The molecule has 0 unspecified atom stereocenters. The molecule has 0 aliphatic rings. The SMILES string of the molecule is CC(C)(C)NC(=O)Cn1cc[n+](Cc2ccccc2)c1.[Cl-]. The molecule has 0 spiro atoms. The number of nitrogens with zero attached hydrogens (tertiary/aromatic N) is 2. The molecule has 2 aromatic rings. The molecule has 4 nitrogen and oxygen atoms in total. The summed E-state index contributed by atoms with van der Waals surface area (Å²) in [5, 5.41) is 2.96. The van der Waals surface area contributed by atoms with Gasteiger partial charge in [-0.2, -0.15) is 0 Å². The smallest absolute Gasteiger partial charge is 0.262 e. The van der Waals surface area contributed by atoms with Crippen molar-refractivity contribution in [3.05, 3.63) is 54.6 Å². The number of aromatic nitrogens is 2. The molecule has 21 heavy (non-hydrogen) atoms. The van der Waals surface area contributed by atoms with Crippen molar-refractivity contribution in [1.29, 1.82) is 0 Å². The Hall–Kier alpha value is -1.81. The number of amides is 1. The summed E-state index contributed by atoms with van der Waals surface area (Å²) >= 11 is 0. The Kier molecular flexibility index (Phi) is 5.97. The first-order chi connectivity index (χ1) is 9.42. The van der Waals surface area contributed by atoms with E-state index in [-0.39, 0.29) is 23.9 Å². The van der Waals surface area contributed by atoms with Gasteiger partial charge in [-0.25, -0.2) is 9.13 Å². The van der Waals surface area contributed by atoms with E-state index < -0.39 is 0 Å². The summed E-state index contributed by atoms with van der Waals surface area (Å²) in [5.74, 6) is 0.0277. The van der Waals surface area contributed by atoms with Gasteiger partial charge in [0.25, 0.3) is 5.91 Å². The Morgan fingerprint density at radius 3 is 2.52 bits per heavy atom. The monoisotopic (exact) mass is 307 g/mol. The van der Waals surface area contributed by atoms with Crippen LogP contribution < -0.4 is 22.3 Å². The number of nitrogens with one attached hydrogen (secondary N) is 1. The van der Waals surface area contributed by atoms with E-state index in [1.165, 1.54) is 5.56 Å². The summed E-state index contributed by atoms with van der Waals surface area (Å²) in [6, 6.07) is 10.3. The van der Waals surface area contributed by atoms with Gasteiger partial charge in [-0.1, -0.05) is 30.3 Å². The molecule has 5 heteroatoms. The summed E-state index contributed by atoms with van der Waals surface area (Å²) in [5.41, 5.74) is 1.05. The van der Waals surface area contributed by atoms with Gasteiger partial charge in [-0.3, -0.25) is 4.79 Å². The first-order valence-electron chi connectivity index (χ1n) is 6.82. The molecule has 0 fully saturated rings. The zero-order valence-corrected chi connectivity index (χ0v) is 13.5. The van der Waals surface area contributed by atoms with E-state index in [1.54, 1.807) is 0 Å². The van der Waals surface area contributed by atoms with Gasteiger partial charge in [0.15, 0.2) is 6.54 Å². The number of carbonyl (C=O) groups is 1. The molecule has 0 aliphatic carbocycles. The van der Waals surface area contributed by atoms with Crippen LogP contribution in [-0.4, -0.2) is 16.0 Å². The number of hydrogen-bond acceptors (Lipinski definition) is 1. The second-order valence-corrected chi connectivity index (χ2v) is 6.04. The van der Waals surface area contributed by atoms with Crippen LogP contribution in [0.3, 0.4) is 0 Å². The highest BCUT2D eigenvalue weighted by Crippen LogP contribution is 2.00. The van der Waals surface area contributed by atoms with Crippen molar-refractivity contribution in [3.8, 4) is 0 Å². The van der Waals surface area contributed by atoms with Crippen molar-refractivity contribution in [2.75, 3.05) is 0 Å². The summed E-state index contributed by atoms with van der Waals surface area (Å²) in [4.78, 5) is 11.9. The highest BCUT2D eigenvalue weighted by atomic mass is 35.5. The lowest BCUT2D eigenvalue weighted by atomic mass is 10.1. The van der Waals surface area contributed by atoms with Gasteiger partial charge in [0.2, 0.25) is 6.33 Å². The molecule has 0 atom stereocenters. The minimum absolute atomic E-state index is 0. The molecule has 1 aromatic heterocycles. The number of imidazole rings is 1. The Morgan fingerprint density at radius 1 is 1.24 bits per heavy atom. The third-order valence-corrected chi connectivity index (χ3v) is 2.79. The van der Waals surface area contributed by atoms with Crippen molar-refractivity contribution in [3.63, 3.8) is 0 Å². The highest BCUT2D eigenvalue weighted by molar-refractivity contribution is 5.76. The maximum atomic E-state index is 11.9. The van der Waals surface area contributed by atoms with Gasteiger partial charge in [-0.05, 0) is 26.3 Å². The Labute approximate surface area is 132 Å². The molecule has 2 rings (SSSR count). The van der Waals surface area contributed by atoms with E-state index in [9.17, 15) is 4.79 Å². The lowest BCUT2D eigenvalue weighted by Crippen LogP contribution is -3.00. The van der Waals surface area contributed by atoms with Crippen molar-refractivity contribution in [2.24, 2.45) is 0 Å². The fraction of sp³-hybridized carbons (Fsp3) is 0.375. The minimum Gasteiger partial charge on any atom is -1.00 e. The second-order valence-electron chi connectivity index (χ2n) is 6.04. The van der Waals surface area contributed by atoms with Crippen LogP contribution in [0.4, 0.5) is 0 Å². The molecule has 1 N–H and O–H groups in total. The highest BCUT2D eigenvalue weighted by Gasteiger charge is 2.16. The van der Waals surface area contributed by atoms with Crippen LogP contribution in [0.1, 0.15) is 26.3 Å². The molecule has 114 valence electrons. The molecule has 1 amide bonds. The molecule has 1 aromatic carbocycles. The number of rotatable bonds is 4. The standard InChI is InChI=1S/C16H21N3O.ClH/c1-16(2,3)17-15(20)12-19-10-9-18(13-19)11-14-7-5-4-6-8-14;/h4-10,13H,11-12H2,1-3H3;1H. The predicted molar refractivity (Wildman–Crippen MR) is 78.1 cm³/mol. The molecular formula is C16H22ClN3O. The van der Waals surface area contributed by atoms with Crippen molar-refractivity contribution >= 4 is 5.91 Å². The average Bonchev–Trinajstić information content (AvgIpc) is 2.75. The minimum atomic E-state index is -0.190. The average molecular weight is 308 g/mol. The number of carbonyl (C=O) groups excluding carboxylic acids is 1. The molecule has 0 saturated carbocycles. The fourth-order valence-electron chi connectivity index (χ4n) is 2.04. The van der Waals surface area contributed by atoms with E-state index >= 15 is 0 Å². The molecule has 0 radical (unpaired) electrons. The topological polar surface area (TPSA) is 37.9 Å². The molecule has 0 aliphatic heterocycles. The Bertz CT molecular complexity index is 573. The Morgan fingerprint density at radius 2 is 1.90 bits per heavy atom. The van der Waals surface area contributed by atoms with Gasteiger partial charge in [-0.15, -0.1) is 0 Å². The zero-order valence-electron chi connectivity index (χ0n) is 12.7. The third kappa shape index (κ3) is 6.00. The molecular weight excluding hydrogens is 286 g/mol. The van der Waals surface area contributed by atoms with Crippen molar-refractivity contribution in [1.82, 2.24) is 9.88 Å². The van der Waals surface area contributed by atoms with Crippen LogP contribution in [0.15, 0.2) is 49.1 Å². The Balaban J connectivity index is 0.00000220. The first-order valence-corrected chi connectivity index (χ1v) is 6.82. The van der Waals surface area contributed by atoms with Gasteiger partial charge < -0.3 is 17.7 Å². The van der Waals surface area contributed by atoms with Crippen LogP contribution >= 0.6 is 0 Å². The van der Waals surface area contributed by atoms with E-state index in [0.717, 1.165) is 6.54 Å². The van der Waals surface area contributed by atoms with Crippen LogP contribution in [0.25, 0.3) is 0 Å². The largest absolute Gasteiger partial charge is 1.00 e. The molecule has 0 saturated heterocycles. The molecule has 0 bridgehead atoms. The maximum absolute atomic E-state index is 11.9. The van der Waals surface area contributed by atoms with Gasteiger partial charge in [0.1, 0.15) is 18.9 Å². The lowest BCUT2D eigenvalue weighted by molar-refractivity contribution is -0.687. The van der Waals surface area contributed by atoms with E-state index in [4.69, 9.17) is 0 Å². The third-order valence-electron chi connectivity index (χ3n) is 2.79. The number of hydrogen-bond donors (Lipinski definition) is 1. The van der Waals surface area contributed by atoms with Gasteiger partial charge in [0.05, 0.1) is 0 Å². The maximum Gasteiger partial charge on any atom is 0.262 e. The predicted octanol–water partition coefficient (Wildman–Crippen LogP) is -1.26. The first kappa shape index (κ1) is 17.2. The normalized spacial score (nSPS) is 10.8. The summed E-state index contributed by atoms with van der Waals surface area (Å²) in [6.45, 7) is 7.11. The fourth-order valence-corrected chi connectivity index (χ4v) is 2.04. The number of benzene rings is 1. The summed E-state index contributed by atoms with van der Waals surface area (Å²) in [7, 11) is 0. The van der Waals surface area contributed by atoms with Crippen LogP contribution in [0.2, 0.25) is 0 Å². The van der Waals surface area contributed by atoms with Crippen molar-refractivity contribution in [2.45, 2.75) is 39.4 Å². The van der Waals surface area contributed by atoms with Crippen LogP contribution in [0, 0.1) is 0 Å². The quantitative estimate of drug-likeness (QED) is 0.704. The van der Waals surface area contributed by atoms with Gasteiger partial charge >= 0.3 is 0 Å². The number of halogens is 1. The zero-order chi connectivity index (χ0) is 14.6. The van der Waals surface area contributed by atoms with E-state index in [2.05, 4.69) is 22.0 Å². The lowest BCUT2D eigenvalue weighted by Gasteiger charge is -2.19. The summed E-state index contributed by atoms with van der Waals surface area (Å²) in [6.07, 6.45) is 5.86.